The molecule has 0 saturated heterocycles. The summed E-state index contributed by atoms with van der Waals surface area (Å²) in [5, 5.41) is 33.9. The van der Waals surface area contributed by atoms with Crippen molar-refractivity contribution in [3.8, 4) is 11.8 Å². The third kappa shape index (κ3) is 5.65. The van der Waals surface area contributed by atoms with E-state index in [-0.39, 0.29) is 38.6 Å². The molecule has 0 aromatic heterocycles. The van der Waals surface area contributed by atoms with Crippen molar-refractivity contribution in [2.75, 3.05) is 5.32 Å². The maximum absolute atomic E-state index is 12.7. The minimum Gasteiger partial charge on any atom is -0.507 e. The highest BCUT2D eigenvalue weighted by Crippen LogP contribution is 2.40. The van der Waals surface area contributed by atoms with Crippen LogP contribution in [0.5, 0.6) is 5.75 Å². The molecule has 2 aromatic carbocycles. The average Bonchev–Trinajstić information content (AvgIpc) is 2.66. The number of carbonyl (C=O) groups is 1. The van der Waals surface area contributed by atoms with Gasteiger partial charge in [-0.05, 0) is 46.7 Å². The Morgan fingerprint density at radius 2 is 1.66 bits per heavy atom. The number of nitro groups is 1. The first kappa shape index (κ1) is 24.9. The summed E-state index contributed by atoms with van der Waals surface area (Å²) >= 11 is 5.80. The van der Waals surface area contributed by atoms with E-state index in [1.54, 1.807) is 12.1 Å². The first-order valence-corrected chi connectivity index (χ1v) is 10.3. The summed E-state index contributed by atoms with van der Waals surface area (Å²) in [4.78, 5) is 23.1. The highest BCUT2D eigenvalue weighted by atomic mass is 35.5. The van der Waals surface area contributed by atoms with Crippen LogP contribution in [0.4, 0.5) is 11.4 Å². The smallest absolute Gasteiger partial charge is 0.289 e. The van der Waals surface area contributed by atoms with Crippen molar-refractivity contribution in [3.05, 3.63) is 67.7 Å². The molecule has 8 heteroatoms. The summed E-state index contributed by atoms with van der Waals surface area (Å²) in [7, 11) is 0. The fourth-order valence-electron chi connectivity index (χ4n) is 3.13. The average molecular weight is 456 g/mol. The van der Waals surface area contributed by atoms with Gasteiger partial charge in [-0.25, -0.2) is 0 Å². The van der Waals surface area contributed by atoms with Crippen LogP contribution in [0.25, 0.3) is 6.08 Å². The number of amides is 1. The van der Waals surface area contributed by atoms with Gasteiger partial charge in [0.2, 0.25) is 0 Å². The molecule has 2 rings (SSSR count). The Hall–Kier alpha value is -3.37. The zero-order valence-electron chi connectivity index (χ0n) is 18.9. The molecule has 7 nitrogen and oxygen atoms in total. The summed E-state index contributed by atoms with van der Waals surface area (Å²) in [5.41, 5.74) is 0.846. The SMILES string of the molecule is CC(C)(C)c1cc(/C=C(\C#N)C(=O)Nc2ccc(Cl)c([N+](=O)[O-])c2)cc(C(C)(C)C)c1O. The van der Waals surface area contributed by atoms with E-state index in [2.05, 4.69) is 5.32 Å². The van der Waals surface area contributed by atoms with Gasteiger partial charge in [0.25, 0.3) is 11.6 Å². The predicted octanol–water partition coefficient (Wildman–Crippen LogP) is 6.09. The Bertz CT molecular complexity index is 1110. The van der Waals surface area contributed by atoms with Crippen LogP contribution >= 0.6 is 11.6 Å². The van der Waals surface area contributed by atoms with Gasteiger partial charge in [0.15, 0.2) is 0 Å². The highest BCUT2D eigenvalue weighted by molar-refractivity contribution is 6.32. The molecule has 0 radical (unpaired) electrons. The van der Waals surface area contributed by atoms with Gasteiger partial charge in [0.05, 0.1) is 4.92 Å². The lowest BCUT2D eigenvalue weighted by atomic mass is 9.78. The largest absolute Gasteiger partial charge is 0.507 e. The fourth-order valence-corrected chi connectivity index (χ4v) is 3.31. The normalized spacial score (nSPS) is 12.2. The summed E-state index contributed by atoms with van der Waals surface area (Å²) in [6.07, 6.45) is 1.43. The minimum absolute atomic E-state index is 0.0578. The number of nitriles is 1. The number of hydrogen-bond donors (Lipinski definition) is 2. The lowest BCUT2D eigenvalue weighted by Gasteiger charge is -2.28. The lowest BCUT2D eigenvalue weighted by Crippen LogP contribution is -2.18. The van der Waals surface area contributed by atoms with Crippen LogP contribution in [0, 0.1) is 21.4 Å². The standard InChI is InChI=1S/C24H26ClN3O4/c1-23(2,3)17-10-14(11-18(21(17)29)24(4,5)6)9-15(13-26)22(30)27-16-7-8-19(25)20(12-16)28(31)32/h7-12,29H,1-6H3,(H,27,30)/b15-9+. The minimum atomic E-state index is -0.716. The summed E-state index contributed by atoms with van der Waals surface area (Å²) < 4.78 is 0. The zero-order chi connectivity index (χ0) is 24.4. The quantitative estimate of drug-likeness (QED) is 0.250. The van der Waals surface area contributed by atoms with E-state index in [1.807, 2.05) is 47.6 Å². The van der Waals surface area contributed by atoms with Crippen LogP contribution in [0.3, 0.4) is 0 Å². The second kappa shape index (κ2) is 9.01. The molecule has 0 fully saturated rings. The summed E-state index contributed by atoms with van der Waals surface area (Å²) in [5.74, 6) is -0.523. The molecule has 0 aliphatic rings. The number of anilines is 1. The van der Waals surface area contributed by atoms with Gasteiger partial charge < -0.3 is 10.4 Å². The molecule has 0 spiro atoms. The third-order valence-electron chi connectivity index (χ3n) is 4.83. The van der Waals surface area contributed by atoms with Crippen molar-refractivity contribution >= 4 is 35.0 Å². The summed E-state index contributed by atoms with van der Waals surface area (Å²) in [6, 6.07) is 9.23. The predicted molar refractivity (Wildman–Crippen MR) is 126 cm³/mol. The molecule has 0 bridgehead atoms. The molecule has 0 atom stereocenters. The molecule has 0 aliphatic carbocycles. The van der Waals surface area contributed by atoms with Gasteiger partial charge in [0, 0.05) is 22.9 Å². The van der Waals surface area contributed by atoms with E-state index >= 15 is 0 Å². The number of nitro benzene ring substituents is 1. The number of nitrogens with zero attached hydrogens (tertiary/aromatic N) is 2. The summed E-state index contributed by atoms with van der Waals surface area (Å²) in [6.45, 7) is 11.8. The van der Waals surface area contributed by atoms with Gasteiger partial charge in [-0.2, -0.15) is 5.26 Å². The number of carbonyl (C=O) groups excluding carboxylic acids is 1. The van der Waals surface area contributed by atoms with Crippen molar-refractivity contribution in [1.29, 1.82) is 5.26 Å². The topological polar surface area (TPSA) is 116 Å². The van der Waals surface area contributed by atoms with Crippen LogP contribution in [-0.4, -0.2) is 15.9 Å². The van der Waals surface area contributed by atoms with Crippen molar-refractivity contribution in [3.63, 3.8) is 0 Å². The molecule has 0 aliphatic heterocycles. The van der Waals surface area contributed by atoms with Crippen LogP contribution in [0.2, 0.25) is 5.02 Å². The van der Waals surface area contributed by atoms with Crippen LogP contribution in [-0.2, 0) is 15.6 Å². The second-order valence-corrected chi connectivity index (χ2v) is 9.92. The van der Waals surface area contributed by atoms with Gasteiger partial charge >= 0.3 is 0 Å². The van der Waals surface area contributed by atoms with E-state index < -0.39 is 10.8 Å². The molecule has 2 aromatic rings. The number of halogens is 1. The van der Waals surface area contributed by atoms with Crippen molar-refractivity contribution in [2.24, 2.45) is 0 Å². The van der Waals surface area contributed by atoms with Crippen molar-refractivity contribution < 1.29 is 14.8 Å². The van der Waals surface area contributed by atoms with Gasteiger partial charge in [0.1, 0.15) is 22.4 Å². The molecule has 1 amide bonds. The molecule has 32 heavy (non-hydrogen) atoms. The Labute approximate surface area is 192 Å². The first-order valence-electron chi connectivity index (χ1n) is 9.90. The number of rotatable bonds is 4. The second-order valence-electron chi connectivity index (χ2n) is 9.51. The fraction of sp³-hybridized carbons (Fsp3) is 0.333. The first-order chi connectivity index (χ1) is 14.6. The van der Waals surface area contributed by atoms with Crippen LogP contribution < -0.4 is 5.32 Å². The Kier molecular flexibility index (Phi) is 7.01. The number of phenols is 1. The lowest BCUT2D eigenvalue weighted by molar-refractivity contribution is -0.384. The van der Waals surface area contributed by atoms with Crippen molar-refractivity contribution in [1.82, 2.24) is 0 Å². The number of phenolic OH excluding ortho intramolecular Hbond substituents is 1. The number of aromatic hydroxyl groups is 1. The maximum Gasteiger partial charge on any atom is 0.289 e. The van der Waals surface area contributed by atoms with E-state index in [0.717, 1.165) is 6.07 Å². The van der Waals surface area contributed by atoms with E-state index in [0.29, 0.717) is 16.7 Å². The molecule has 0 unspecified atom stereocenters. The van der Waals surface area contributed by atoms with Crippen molar-refractivity contribution in [2.45, 2.75) is 52.4 Å². The Morgan fingerprint density at radius 3 is 2.09 bits per heavy atom. The van der Waals surface area contributed by atoms with E-state index in [1.165, 1.54) is 18.2 Å². The highest BCUT2D eigenvalue weighted by Gasteiger charge is 2.26. The molecule has 168 valence electrons. The van der Waals surface area contributed by atoms with E-state index in [9.17, 15) is 25.3 Å². The number of benzene rings is 2. The molecule has 2 N–H and O–H groups in total. The molecular weight excluding hydrogens is 430 g/mol. The molecule has 0 heterocycles. The van der Waals surface area contributed by atoms with Gasteiger partial charge in [-0.3, -0.25) is 14.9 Å². The number of nitrogens with one attached hydrogen (secondary N) is 1. The molecular formula is C24H26ClN3O4. The van der Waals surface area contributed by atoms with Crippen LogP contribution in [0.15, 0.2) is 35.9 Å². The van der Waals surface area contributed by atoms with E-state index in [4.69, 9.17) is 11.6 Å². The molecule has 0 saturated carbocycles. The third-order valence-corrected chi connectivity index (χ3v) is 5.14. The number of hydrogen-bond acceptors (Lipinski definition) is 5. The Balaban J connectivity index is 2.51. The van der Waals surface area contributed by atoms with Gasteiger partial charge in [-0.1, -0.05) is 53.1 Å². The zero-order valence-corrected chi connectivity index (χ0v) is 19.7. The maximum atomic E-state index is 12.7. The Morgan fingerprint density at radius 1 is 1.12 bits per heavy atom. The van der Waals surface area contributed by atoms with Gasteiger partial charge in [-0.15, -0.1) is 0 Å². The van der Waals surface area contributed by atoms with Crippen LogP contribution in [0.1, 0.15) is 58.2 Å². The monoisotopic (exact) mass is 455 g/mol.